The number of carbonyl (C=O) groups is 2. The third-order valence-electron chi connectivity index (χ3n) is 2.73. The van der Waals surface area contributed by atoms with Gasteiger partial charge >= 0.3 is 12.1 Å². The van der Waals surface area contributed by atoms with Crippen molar-refractivity contribution in [2.75, 3.05) is 24.1 Å². The number of carboxylic acids is 1. The van der Waals surface area contributed by atoms with Gasteiger partial charge in [-0.2, -0.15) is 26.7 Å². The molecule has 7 nitrogen and oxygen atoms in total. The fourth-order valence-corrected chi connectivity index (χ4v) is 2.30. The van der Waals surface area contributed by atoms with Gasteiger partial charge in [-0.3, -0.25) is 0 Å². The summed E-state index contributed by atoms with van der Waals surface area (Å²) >= 11 is 1.52. The first-order valence-corrected chi connectivity index (χ1v) is 7.44. The van der Waals surface area contributed by atoms with Crippen molar-refractivity contribution < 1.29 is 19.4 Å². The number of methoxy groups -OCH3 is 1. The van der Waals surface area contributed by atoms with Crippen LogP contribution in [0.4, 0.5) is 4.79 Å². The molecule has 1 aromatic heterocycles. The van der Waals surface area contributed by atoms with Gasteiger partial charge in [-0.25, -0.2) is 9.59 Å². The lowest BCUT2D eigenvalue weighted by atomic mass is 10.2. The van der Waals surface area contributed by atoms with Gasteiger partial charge < -0.3 is 9.84 Å². The predicted molar refractivity (Wildman–Crippen MR) is 76.7 cm³/mol. The fraction of sp³-hybridized carbons (Fsp3) is 0.583. The average molecular weight is 301 g/mol. The first-order valence-electron chi connectivity index (χ1n) is 6.04. The molecule has 0 aromatic carbocycles. The molecule has 0 unspecified atom stereocenters. The standard InChI is InChI=1S/C12H19N3O4S/c1-8-7-9(2)15(13-8)14(12(18)19-3)10(11(16)17)5-6-20-4/h7,10H,5-6H2,1-4H3,(H,16,17)/t10-/m0/s1. The summed E-state index contributed by atoms with van der Waals surface area (Å²) in [6, 6.07) is 0.747. The first-order chi connectivity index (χ1) is 9.42. The van der Waals surface area contributed by atoms with Crippen LogP contribution >= 0.6 is 11.8 Å². The summed E-state index contributed by atoms with van der Waals surface area (Å²) in [5, 5.41) is 14.6. The average Bonchev–Trinajstić information content (AvgIpc) is 2.72. The van der Waals surface area contributed by atoms with Crippen molar-refractivity contribution in [3.8, 4) is 0 Å². The van der Waals surface area contributed by atoms with E-state index in [1.54, 1.807) is 19.9 Å². The highest BCUT2D eigenvalue weighted by atomic mass is 32.2. The van der Waals surface area contributed by atoms with Crippen molar-refractivity contribution in [1.29, 1.82) is 0 Å². The summed E-state index contributed by atoms with van der Waals surface area (Å²) in [5.74, 6) is -0.471. The molecule has 0 aliphatic carbocycles. The van der Waals surface area contributed by atoms with E-state index < -0.39 is 18.1 Å². The van der Waals surface area contributed by atoms with Crippen LogP contribution in [0, 0.1) is 13.8 Å². The minimum atomic E-state index is -1.09. The highest BCUT2D eigenvalue weighted by Crippen LogP contribution is 2.12. The third kappa shape index (κ3) is 3.66. The molecule has 0 spiro atoms. The Kier molecular flexibility index (Phi) is 5.87. The summed E-state index contributed by atoms with van der Waals surface area (Å²) in [5.41, 5.74) is 1.37. The number of hydrogen-bond acceptors (Lipinski definition) is 5. The number of amides is 1. The van der Waals surface area contributed by atoms with Gasteiger partial charge in [0.15, 0.2) is 6.04 Å². The molecule has 0 saturated carbocycles. The Morgan fingerprint density at radius 1 is 1.55 bits per heavy atom. The van der Waals surface area contributed by atoms with Gasteiger partial charge in [0.25, 0.3) is 0 Å². The van der Waals surface area contributed by atoms with Gasteiger partial charge in [-0.15, -0.1) is 0 Å². The molecule has 0 radical (unpaired) electrons. The molecule has 0 aliphatic heterocycles. The van der Waals surface area contributed by atoms with Crippen LogP contribution in [0.1, 0.15) is 17.8 Å². The van der Waals surface area contributed by atoms with Gasteiger partial charge in [0.1, 0.15) is 0 Å². The molecule has 20 heavy (non-hydrogen) atoms. The lowest BCUT2D eigenvalue weighted by Crippen LogP contribution is -2.53. The summed E-state index contributed by atoms with van der Waals surface area (Å²) in [6.45, 7) is 3.53. The minimum absolute atomic E-state index is 0.309. The number of thioether (sulfide) groups is 1. The van der Waals surface area contributed by atoms with E-state index in [2.05, 4.69) is 5.10 Å². The summed E-state index contributed by atoms with van der Waals surface area (Å²) in [6.07, 6.45) is 1.44. The van der Waals surface area contributed by atoms with Gasteiger partial charge in [0.05, 0.1) is 18.5 Å². The summed E-state index contributed by atoms with van der Waals surface area (Å²) in [7, 11) is 1.22. The van der Waals surface area contributed by atoms with Crippen molar-refractivity contribution in [3.63, 3.8) is 0 Å². The number of rotatable bonds is 6. The van der Waals surface area contributed by atoms with Gasteiger partial charge in [-0.1, -0.05) is 0 Å². The van der Waals surface area contributed by atoms with E-state index in [0.29, 0.717) is 23.6 Å². The van der Waals surface area contributed by atoms with Crippen LogP contribution in [0.5, 0.6) is 0 Å². The van der Waals surface area contributed by atoms with Crippen LogP contribution in [0.25, 0.3) is 0 Å². The van der Waals surface area contributed by atoms with E-state index in [0.717, 1.165) is 5.01 Å². The second-order valence-corrected chi connectivity index (χ2v) is 5.25. The highest BCUT2D eigenvalue weighted by molar-refractivity contribution is 7.98. The number of aryl methyl sites for hydroxylation is 2. The van der Waals surface area contributed by atoms with E-state index in [1.807, 2.05) is 6.26 Å². The Morgan fingerprint density at radius 3 is 2.60 bits per heavy atom. The molecule has 0 saturated heterocycles. The summed E-state index contributed by atoms with van der Waals surface area (Å²) in [4.78, 5) is 24.7. The van der Waals surface area contributed by atoms with E-state index in [-0.39, 0.29) is 0 Å². The van der Waals surface area contributed by atoms with Gasteiger partial charge in [-0.05, 0) is 38.3 Å². The van der Waals surface area contributed by atoms with Gasteiger partial charge in [0.2, 0.25) is 0 Å². The Labute approximate surface area is 121 Å². The van der Waals surface area contributed by atoms with Crippen LogP contribution in [0.2, 0.25) is 0 Å². The number of hydrogen-bond donors (Lipinski definition) is 1. The van der Waals surface area contributed by atoms with Crippen molar-refractivity contribution in [2.45, 2.75) is 26.3 Å². The quantitative estimate of drug-likeness (QED) is 0.855. The zero-order chi connectivity index (χ0) is 15.3. The molecular weight excluding hydrogens is 282 g/mol. The molecule has 1 aromatic rings. The second-order valence-electron chi connectivity index (χ2n) is 4.27. The molecular formula is C12H19N3O4S. The minimum Gasteiger partial charge on any atom is -0.480 e. The lowest BCUT2D eigenvalue weighted by Gasteiger charge is -2.28. The topological polar surface area (TPSA) is 84.7 Å². The van der Waals surface area contributed by atoms with E-state index >= 15 is 0 Å². The van der Waals surface area contributed by atoms with E-state index in [9.17, 15) is 14.7 Å². The maximum atomic E-state index is 12.0. The Hall–Kier alpha value is -1.70. The van der Waals surface area contributed by atoms with Crippen molar-refractivity contribution in [3.05, 3.63) is 17.5 Å². The predicted octanol–water partition coefficient (Wildman–Crippen LogP) is 1.41. The molecule has 1 amide bonds. The Balaban J connectivity index is 3.19. The van der Waals surface area contributed by atoms with Crippen LogP contribution in [-0.2, 0) is 9.53 Å². The Bertz CT molecular complexity index is 489. The zero-order valence-electron chi connectivity index (χ0n) is 12.0. The van der Waals surface area contributed by atoms with E-state index in [1.165, 1.54) is 23.7 Å². The van der Waals surface area contributed by atoms with E-state index in [4.69, 9.17) is 4.74 Å². The second kappa shape index (κ2) is 7.18. The molecule has 0 aliphatic rings. The van der Waals surface area contributed by atoms with Crippen LogP contribution < -0.4 is 5.01 Å². The number of ether oxygens (including phenoxy) is 1. The summed E-state index contributed by atoms with van der Waals surface area (Å²) < 4.78 is 4.70. The SMILES string of the molecule is COC(=O)N([C@@H](CCSC)C(=O)O)n1nc(C)cc1C. The maximum absolute atomic E-state index is 12.0. The van der Waals surface area contributed by atoms with Crippen molar-refractivity contribution in [1.82, 2.24) is 9.89 Å². The largest absolute Gasteiger partial charge is 0.480 e. The van der Waals surface area contributed by atoms with Gasteiger partial charge in [0, 0.05) is 0 Å². The highest BCUT2D eigenvalue weighted by Gasteiger charge is 2.33. The normalized spacial score (nSPS) is 12.0. The van der Waals surface area contributed by atoms with Crippen molar-refractivity contribution in [2.24, 2.45) is 0 Å². The molecule has 1 atom stereocenters. The third-order valence-corrected chi connectivity index (χ3v) is 3.37. The smallest absolute Gasteiger partial charge is 0.430 e. The number of aromatic nitrogens is 2. The molecule has 1 heterocycles. The van der Waals surface area contributed by atoms with Crippen LogP contribution in [0.3, 0.4) is 0 Å². The monoisotopic (exact) mass is 301 g/mol. The molecule has 1 N–H and O–H groups in total. The Morgan fingerprint density at radius 2 is 2.20 bits per heavy atom. The molecule has 0 fully saturated rings. The van der Waals surface area contributed by atoms with Crippen LogP contribution in [0.15, 0.2) is 6.07 Å². The molecule has 112 valence electrons. The number of nitrogens with zero attached hydrogens (tertiary/aromatic N) is 3. The molecule has 8 heteroatoms. The molecule has 0 bridgehead atoms. The first kappa shape index (κ1) is 16.4. The number of carboxylic acid groups (broad SMARTS) is 1. The number of aliphatic carboxylic acids is 1. The molecule has 1 rings (SSSR count). The van der Waals surface area contributed by atoms with Crippen LogP contribution in [-0.4, -0.2) is 52.2 Å². The number of carbonyl (C=O) groups excluding carboxylic acids is 1. The maximum Gasteiger partial charge on any atom is 0.430 e. The van der Waals surface area contributed by atoms with Crippen molar-refractivity contribution >= 4 is 23.8 Å². The lowest BCUT2D eigenvalue weighted by molar-refractivity contribution is -0.139. The fourth-order valence-electron chi connectivity index (χ4n) is 1.85. The zero-order valence-corrected chi connectivity index (χ0v) is 12.8.